The second-order valence-corrected chi connectivity index (χ2v) is 6.05. The molecule has 0 spiro atoms. The van der Waals surface area contributed by atoms with Crippen LogP contribution in [0.2, 0.25) is 0 Å². The summed E-state index contributed by atoms with van der Waals surface area (Å²) in [7, 11) is 0. The normalized spacial score (nSPS) is 15.6. The summed E-state index contributed by atoms with van der Waals surface area (Å²) in [5, 5.41) is 12.3. The van der Waals surface area contributed by atoms with E-state index in [-0.39, 0.29) is 12.4 Å². The van der Waals surface area contributed by atoms with Crippen LogP contribution in [-0.2, 0) is 0 Å². The summed E-state index contributed by atoms with van der Waals surface area (Å²) in [6.45, 7) is 0.764. The maximum Gasteiger partial charge on any atom is 0.202 e. The predicted octanol–water partition coefficient (Wildman–Crippen LogP) is 3.32. The zero-order chi connectivity index (χ0) is 15.4. The van der Waals surface area contributed by atoms with Crippen LogP contribution >= 0.6 is 11.8 Å². The van der Waals surface area contributed by atoms with Crippen LogP contribution in [0.1, 0.15) is 22.3 Å². The molecule has 0 fully saturated rings. The van der Waals surface area contributed by atoms with Gasteiger partial charge in [0.15, 0.2) is 0 Å². The molecule has 22 heavy (non-hydrogen) atoms. The minimum absolute atomic E-state index is 0.0657. The van der Waals surface area contributed by atoms with Crippen molar-refractivity contribution in [3.63, 3.8) is 0 Å². The Morgan fingerprint density at radius 1 is 1.05 bits per heavy atom. The first-order chi connectivity index (χ1) is 10.8. The van der Waals surface area contributed by atoms with Crippen molar-refractivity contribution in [2.75, 3.05) is 13.2 Å². The molecule has 2 aromatic rings. The third-order valence-corrected chi connectivity index (χ3v) is 4.65. The summed E-state index contributed by atoms with van der Waals surface area (Å²) < 4.78 is 0. The van der Waals surface area contributed by atoms with Crippen molar-refractivity contribution in [3.05, 3.63) is 70.6 Å². The van der Waals surface area contributed by atoms with Gasteiger partial charge in [-0.2, -0.15) is 0 Å². The Bertz CT molecular complexity index is 710. The molecule has 0 radical (unpaired) electrons. The van der Waals surface area contributed by atoms with Gasteiger partial charge in [0.1, 0.15) is 0 Å². The van der Waals surface area contributed by atoms with Gasteiger partial charge in [-0.3, -0.25) is 4.79 Å². The number of aliphatic hydroxyl groups excluding tert-OH is 1. The number of hydrogen-bond donors (Lipinski definition) is 2. The van der Waals surface area contributed by atoms with Gasteiger partial charge >= 0.3 is 0 Å². The lowest BCUT2D eigenvalue weighted by Crippen LogP contribution is -2.17. The summed E-state index contributed by atoms with van der Waals surface area (Å²) in [4.78, 5) is 14.4. The minimum Gasteiger partial charge on any atom is -0.396 e. The molecular formula is C18H17NO2S. The largest absolute Gasteiger partial charge is 0.396 e. The standard InChI is InChI=1S/C18H17NO2S/c20-12-6-11-19-16(13-7-2-1-3-8-13)18-17(21)14-9-4-5-10-15(14)22-18/h1-5,7-10,19-20H,6,11-12H2/b18-16+. The lowest BCUT2D eigenvalue weighted by molar-refractivity contribution is 0.104. The van der Waals surface area contributed by atoms with E-state index in [0.29, 0.717) is 13.0 Å². The van der Waals surface area contributed by atoms with Crippen molar-refractivity contribution in [1.82, 2.24) is 5.32 Å². The molecule has 1 aliphatic rings. The van der Waals surface area contributed by atoms with Crippen LogP contribution in [-0.4, -0.2) is 24.0 Å². The molecule has 3 rings (SSSR count). The Kier molecular flexibility index (Phi) is 4.61. The van der Waals surface area contributed by atoms with Gasteiger partial charge in [0.25, 0.3) is 0 Å². The third-order valence-electron chi connectivity index (χ3n) is 3.48. The van der Waals surface area contributed by atoms with Crippen LogP contribution in [0.15, 0.2) is 64.4 Å². The number of benzene rings is 2. The smallest absolute Gasteiger partial charge is 0.202 e. The third kappa shape index (κ3) is 2.93. The molecule has 2 aromatic carbocycles. The number of aliphatic hydroxyl groups is 1. The Morgan fingerprint density at radius 2 is 1.77 bits per heavy atom. The average Bonchev–Trinajstić information content (AvgIpc) is 2.90. The first kappa shape index (κ1) is 14.9. The molecule has 112 valence electrons. The van der Waals surface area contributed by atoms with Crippen molar-refractivity contribution >= 4 is 23.2 Å². The Balaban J connectivity index is 2.00. The number of hydrogen-bond acceptors (Lipinski definition) is 4. The predicted molar refractivity (Wildman–Crippen MR) is 89.7 cm³/mol. The highest BCUT2D eigenvalue weighted by Crippen LogP contribution is 2.42. The van der Waals surface area contributed by atoms with Crippen molar-refractivity contribution in [1.29, 1.82) is 0 Å². The number of carbonyl (C=O) groups is 1. The van der Waals surface area contributed by atoms with Crippen molar-refractivity contribution in [2.45, 2.75) is 11.3 Å². The highest BCUT2D eigenvalue weighted by atomic mass is 32.2. The number of allylic oxidation sites excluding steroid dienone is 1. The highest BCUT2D eigenvalue weighted by Gasteiger charge is 2.28. The fraction of sp³-hybridized carbons (Fsp3) is 0.167. The molecule has 0 aliphatic carbocycles. The molecule has 1 heterocycles. The van der Waals surface area contributed by atoms with E-state index < -0.39 is 0 Å². The van der Waals surface area contributed by atoms with Gasteiger partial charge in [0.2, 0.25) is 5.78 Å². The molecule has 0 bridgehead atoms. The maximum atomic E-state index is 12.7. The molecule has 0 atom stereocenters. The lowest BCUT2D eigenvalue weighted by atomic mass is 10.1. The summed E-state index contributed by atoms with van der Waals surface area (Å²) in [5.74, 6) is 0.0657. The molecule has 1 aliphatic heterocycles. The van der Waals surface area contributed by atoms with Crippen molar-refractivity contribution < 1.29 is 9.90 Å². The second kappa shape index (κ2) is 6.81. The Labute approximate surface area is 134 Å². The van der Waals surface area contributed by atoms with E-state index in [4.69, 9.17) is 5.11 Å². The molecule has 3 nitrogen and oxygen atoms in total. The molecule has 0 saturated heterocycles. The van der Waals surface area contributed by atoms with Gasteiger partial charge in [-0.25, -0.2) is 0 Å². The zero-order valence-corrected chi connectivity index (χ0v) is 12.9. The topological polar surface area (TPSA) is 49.3 Å². The highest BCUT2D eigenvalue weighted by molar-refractivity contribution is 8.05. The van der Waals surface area contributed by atoms with Crippen LogP contribution < -0.4 is 5.32 Å². The van der Waals surface area contributed by atoms with E-state index in [1.807, 2.05) is 54.6 Å². The molecule has 4 heteroatoms. The Hall–Kier alpha value is -2.04. The zero-order valence-electron chi connectivity index (χ0n) is 12.1. The lowest BCUT2D eigenvalue weighted by Gasteiger charge is -2.13. The van der Waals surface area contributed by atoms with E-state index >= 15 is 0 Å². The number of thioether (sulfide) groups is 1. The number of carbonyl (C=O) groups excluding carboxylic acids is 1. The van der Waals surface area contributed by atoms with Gasteiger partial charge in [-0.05, 0) is 24.1 Å². The summed E-state index contributed by atoms with van der Waals surface area (Å²) in [6, 6.07) is 17.5. The molecule has 0 aromatic heterocycles. The number of Topliss-reactive ketones (excluding diaryl/α,β-unsaturated/α-hetero) is 1. The average molecular weight is 311 g/mol. The quantitative estimate of drug-likeness (QED) is 0.657. The van der Waals surface area contributed by atoms with E-state index in [1.54, 1.807) is 0 Å². The molecule has 2 N–H and O–H groups in total. The first-order valence-corrected chi connectivity index (χ1v) is 8.09. The summed E-state index contributed by atoms with van der Waals surface area (Å²) in [5.41, 5.74) is 2.60. The monoisotopic (exact) mass is 311 g/mol. The van der Waals surface area contributed by atoms with E-state index in [0.717, 1.165) is 26.6 Å². The summed E-state index contributed by atoms with van der Waals surface area (Å²) >= 11 is 1.51. The number of nitrogens with one attached hydrogen (secondary N) is 1. The van der Waals surface area contributed by atoms with Gasteiger partial charge in [-0.15, -0.1) is 0 Å². The van der Waals surface area contributed by atoms with Crippen LogP contribution in [0.4, 0.5) is 0 Å². The SMILES string of the molecule is O=C1/C(=C(\NCCCO)c2ccccc2)Sc2ccccc21. The molecule has 0 saturated carbocycles. The van der Waals surface area contributed by atoms with Crippen LogP contribution in [0.5, 0.6) is 0 Å². The fourth-order valence-electron chi connectivity index (χ4n) is 2.40. The number of ketones is 1. The van der Waals surface area contributed by atoms with E-state index in [2.05, 4.69) is 5.32 Å². The van der Waals surface area contributed by atoms with Crippen molar-refractivity contribution in [3.8, 4) is 0 Å². The molecule has 0 unspecified atom stereocenters. The maximum absolute atomic E-state index is 12.7. The number of fused-ring (bicyclic) bond motifs is 1. The first-order valence-electron chi connectivity index (χ1n) is 7.27. The second-order valence-electron chi connectivity index (χ2n) is 5.00. The van der Waals surface area contributed by atoms with Gasteiger partial charge in [0.05, 0.1) is 10.6 Å². The van der Waals surface area contributed by atoms with Gasteiger partial charge in [0, 0.05) is 23.6 Å². The van der Waals surface area contributed by atoms with Gasteiger partial charge < -0.3 is 10.4 Å². The van der Waals surface area contributed by atoms with Crippen LogP contribution in [0, 0.1) is 0 Å². The molecule has 0 amide bonds. The van der Waals surface area contributed by atoms with E-state index in [9.17, 15) is 4.79 Å². The Morgan fingerprint density at radius 3 is 2.50 bits per heavy atom. The number of rotatable bonds is 5. The van der Waals surface area contributed by atoms with Gasteiger partial charge in [-0.1, -0.05) is 54.2 Å². The van der Waals surface area contributed by atoms with Crippen LogP contribution in [0.25, 0.3) is 5.70 Å². The summed E-state index contributed by atoms with van der Waals surface area (Å²) in [6.07, 6.45) is 0.648. The molecular weight excluding hydrogens is 294 g/mol. The van der Waals surface area contributed by atoms with Crippen LogP contribution in [0.3, 0.4) is 0 Å². The minimum atomic E-state index is 0.0657. The van der Waals surface area contributed by atoms with Crippen molar-refractivity contribution in [2.24, 2.45) is 0 Å². The van der Waals surface area contributed by atoms with E-state index in [1.165, 1.54) is 11.8 Å². The fourth-order valence-corrected chi connectivity index (χ4v) is 3.53.